The maximum Gasteiger partial charge on any atom is 0.255 e. The van der Waals surface area contributed by atoms with E-state index in [1.54, 1.807) is 30.1 Å². The van der Waals surface area contributed by atoms with Crippen molar-refractivity contribution in [3.63, 3.8) is 0 Å². The molecule has 0 spiro atoms. The fraction of sp³-hybridized carbons (Fsp3) is 0.333. The molecular formula is C24H27N5O2. The standard InChI is InChI=1S/C24H27N5O2/c1-27(24-26-21(17-22(30)28(24)2)18-10-13-25-14-11-18)20-9-6-15-29(16-12-20)23(31)19-7-4-3-5-8-19/h3-5,7-8,10-11,13-14,17,20H,6,9,12,15-16H2,1-2H3. The summed E-state index contributed by atoms with van der Waals surface area (Å²) >= 11 is 0. The van der Waals surface area contributed by atoms with Gasteiger partial charge in [0.25, 0.3) is 11.5 Å². The van der Waals surface area contributed by atoms with Crippen LogP contribution in [0.3, 0.4) is 0 Å². The third-order valence-electron chi connectivity index (χ3n) is 5.96. The highest BCUT2D eigenvalue weighted by Crippen LogP contribution is 2.23. The summed E-state index contributed by atoms with van der Waals surface area (Å²) in [6.07, 6.45) is 6.06. The van der Waals surface area contributed by atoms with E-state index < -0.39 is 0 Å². The van der Waals surface area contributed by atoms with Crippen LogP contribution in [0.15, 0.2) is 65.7 Å². The van der Waals surface area contributed by atoms with Gasteiger partial charge in [-0.25, -0.2) is 4.98 Å². The molecule has 3 aromatic rings. The van der Waals surface area contributed by atoms with Gasteiger partial charge in [-0.15, -0.1) is 0 Å². The van der Waals surface area contributed by atoms with Gasteiger partial charge in [0.2, 0.25) is 5.95 Å². The number of nitrogens with zero attached hydrogens (tertiary/aromatic N) is 5. The minimum Gasteiger partial charge on any atom is -0.342 e. The van der Waals surface area contributed by atoms with Crippen molar-refractivity contribution in [1.29, 1.82) is 0 Å². The topological polar surface area (TPSA) is 71.3 Å². The first-order valence-electron chi connectivity index (χ1n) is 10.6. The maximum absolute atomic E-state index is 12.8. The fourth-order valence-electron chi connectivity index (χ4n) is 4.11. The van der Waals surface area contributed by atoms with Crippen LogP contribution >= 0.6 is 0 Å². The first-order valence-corrected chi connectivity index (χ1v) is 10.6. The number of amides is 1. The predicted molar refractivity (Wildman–Crippen MR) is 121 cm³/mol. The third kappa shape index (κ3) is 4.50. The summed E-state index contributed by atoms with van der Waals surface area (Å²) in [5.74, 6) is 0.710. The molecular weight excluding hydrogens is 390 g/mol. The molecule has 4 rings (SSSR count). The first-order chi connectivity index (χ1) is 15.0. The largest absolute Gasteiger partial charge is 0.342 e. The van der Waals surface area contributed by atoms with Crippen LogP contribution in [0.25, 0.3) is 11.3 Å². The molecule has 1 fully saturated rings. The summed E-state index contributed by atoms with van der Waals surface area (Å²) in [4.78, 5) is 38.3. The number of carbonyl (C=O) groups is 1. The van der Waals surface area contributed by atoms with Gasteiger partial charge in [-0.05, 0) is 43.5 Å². The van der Waals surface area contributed by atoms with E-state index in [4.69, 9.17) is 4.98 Å². The van der Waals surface area contributed by atoms with Crippen LogP contribution in [-0.2, 0) is 7.05 Å². The number of hydrogen-bond donors (Lipinski definition) is 0. The van der Waals surface area contributed by atoms with Crippen LogP contribution in [0.4, 0.5) is 5.95 Å². The van der Waals surface area contributed by atoms with Gasteiger partial charge in [-0.3, -0.25) is 19.1 Å². The molecule has 0 radical (unpaired) electrons. The zero-order chi connectivity index (χ0) is 21.8. The Morgan fingerprint density at radius 2 is 1.81 bits per heavy atom. The lowest BCUT2D eigenvalue weighted by molar-refractivity contribution is 0.0761. The lowest BCUT2D eigenvalue weighted by Gasteiger charge is -2.29. The van der Waals surface area contributed by atoms with E-state index in [9.17, 15) is 9.59 Å². The highest BCUT2D eigenvalue weighted by Gasteiger charge is 2.25. The summed E-state index contributed by atoms with van der Waals surface area (Å²) in [6.45, 7) is 1.42. The van der Waals surface area contributed by atoms with Crippen LogP contribution < -0.4 is 10.5 Å². The smallest absolute Gasteiger partial charge is 0.255 e. The van der Waals surface area contributed by atoms with Crippen molar-refractivity contribution in [2.75, 3.05) is 25.0 Å². The van der Waals surface area contributed by atoms with Gasteiger partial charge in [-0.2, -0.15) is 0 Å². The summed E-state index contributed by atoms with van der Waals surface area (Å²) in [6, 6.07) is 14.9. The van der Waals surface area contributed by atoms with Crippen LogP contribution in [0.1, 0.15) is 29.6 Å². The minimum atomic E-state index is -0.0989. The van der Waals surface area contributed by atoms with Crippen molar-refractivity contribution in [2.45, 2.75) is 25.3 Å². The molecule has 3 heterocycles. The lowest BCUT2D eigenvalue weighted by atomic mass is 10.1. The molecule has 2 aromatic heterocycles. The second-order valence-electron chi connectivity index (χ2n) is 7.93. The van der Waals surface area contributed by atoms with Gasteiger partial charge >= 0.3 is 0 Å². The Morgan fingerprint density at radius 1 is 1.06 bits per heavy atom. The maximum atomic E-state index is 12.8. The summed E-state index contributed by atoms with van der Waals surface area (Å²) < 4.78 is 1.59. The van der Waals surface area contributed by atoms with Gasteiger partial charge < -0.3 is 9.80 Å². The molecule has 1 aliphatic heterocycles. The van der Waals surface area contributed by atoms with Crippen molar-refractivity contribution in [3.05, 3.63) is 76.8 Å². The Morgan fingerprint density at radius 3 is 2.55 bits per heavy atom. The average molecular weight is 418 g/mol. The molecule has 7 nitrogen and oxygen atoms in total. The third-order valence-corrected chi connectivity index (χ3v) is 5.96. The molecule has 1 aliphatic rings. The second-order valence-corrected chi connectivity index (χ2v) is 7.93. The van der Waals surface area contributed by atoms with Gasteiger partial charge in [0.15, 0.2) is 0 Å². The SMILES string of the molecule is CN(c1nc(-c2ccncc2)cc(=O)n1C)C1CCCN(C(=O)c2ccccc2)CC1. The molecule has 0 saturated carbocycles. The molecule has 0 N–H and O–H groups in total. The van der Waals surface area contributed by atoms with E-state index in [1.165, 1.54) is 0 Å². The highest BCUT2D eigenvalue weighted by molar-refractivity contribution is 5.94. The second kappa shape index (κ2) is 9.12. The first kappa shape index (κ1) is 20.8. The number of aromatic nitrogens is 3. The fourth-order valence-corrected chi connectivity index (χ4v) is 4.11. The average Bonchev–Trinajstić information content (AvgIpc) is 3.07. The molecule has 31 heavy (non-hydrogen) atoms. The van der Waals surface area contributed by atoms with E-state index >= 15 is 0 Å². The van der Waals surface area contributed by atoms with Gasteiger partial charge in [-0.1, -0.05) is 18.2 Å². The van der Waals surface area contributed by atoms with Crippen molar-refractivity contribution in [2.24, 2.45) is 7.05 Å². The Kier molecular flexibility index (Phi) is 6.11. The molecule has 1 saturated heterocycles. The molecule has 7 heteroatoms. The molecule has 1 atom stereocenters. The molecule has 160 valence electrons. The number of anilines is 1. The van der Waals surface area contributed by atoms with Crippen molar-refractivity contribution in [3.8, 4) is 11.3 Å². The summed E-state index contributed by atoms with van der Waals surface area (Å²) in [5, 5.41) is 0. The number of carbonyl (C=O) groups excluding carboxylic acids is 1. The van der Waals surface area contributed by atoms with Gasteiger partial charge in [0.05, 0.1) is 5.69 Å². The normalized spacial score (nSPS) is 16.6. The Balaban J connectivity index is 1.53. The zero-order valence-electron chi connectivity index (χ0n) is 17.9. The lowest BCUT2D eigenvalue weighted by Crippen LogP contribution is -2.38. The zero-order valence-corrected chi connectivity index (χ0v) is 17.9. The number of likely N-dealkylation sites (tertiary alicyclic amines) is 1. The van der Waals surface area contributed by atoms with Gasteiger partial charge in [0, 0.05) is 62.8 Å². The molecule has 1 aromatic carbocycles. The van der Waals surface area contributed by atoms with Gasteiger partial charge in [0.1, 0.15) is 0 Å². The molecule has 1 amide bonds. The summed E-state index contributed by atoms with van der Waals surface area (Å²) in [5.41, 5.74) is 2.13. The van der Waals surface area contributed by atoms with Crippen molar-refractivity contribution < 1.29 is 4.79 Å². The monoisotopic (exact) mass is 417 g/mol. The molecule has 0 aliphatic carbocycles. The number of rotatable bonds is 4. The number of pyridine rings is 1. The molecule has 1 unspecified atom stereocenters. The summed E-state index contributed by atoms with van der Waals surface area (Å²) in [7, 11) is 3.73. The predicted octanol–water partition coefficient (Wildman–Crippen LogP) is 2.97. The van der Waals surface area contributed by atoms with Crippen molar-refractivity contribution >= 4 is 11.9 Å². The molecule has 0 bridgehead atoms. The van der Waals surface area contributed by atoms with E-state index in [1.807, 2.05) is 54.4 Å². The highest BCUT2D eigenvalue weighted by atomic mass is 16.2. The van der Waals surface area contributed by atoms with Crippen molar-refractivity contribution in [1.82, 2.24) is 19.4 Å². The quantitative estimate of drug-likeness (QED) is 0.653. The van der Waals surface area contributed by atoms with E-state index in [0.717, 1.165) is 36.9 Å². The van der Waals surface area contributed by atoms with Crippen LogP contribution in [-0.4, -0.2) is 51.5 Å². The van der Waals surface area contributed by atoms with E-state index in [2.05, 4.69) is 9.88 Å². The Hall–Kier alpha value is -3.48. The number of hydrogen-bond acceptors (Lipinski definition) is 5. The van der Waals surface area contributed by atoms with E-state index in [0.29, 0.717) is 18.2 Å². The van der Waals surface area contributed by atoms with Crippen LogP contribution in [0.2, 0.25) is 0 Å². The van der Waals surface area contributed by atoms with E-state index in [-0.39, 0.29) is 17.5 Å². The number of benzene rings is 1. The van der Waals surface area contributed by atoms with Crippen LogP contribution in [0.5, 0.6) is 0 Å². The minimum absolute atomic E-state index is 0.0779. The van der Waals surface area contributed by atoms with Crippen LogP contribution in [0, 0.1) is 0 Å². The Labute approximate surface area is 182 Å². The Bertz CT molecular complexity index is 1100.